The summed E-state index contributed by atoms with van der Waals surface area (Å²) < 4.78 is 15.5. The molecule has 170 valence electrons. The van der Waals surface area contributed by atoms with E-state index in [1.165, 1.54) is 6.92 Å². The zero-order valence-corrected chi connectivity index (χ0v) is 18.6. The van der Waals surface area contributed by atoms with E-state index in [-0.39, 0.29) is 0 Å². The smallest absolute Gasteiger partial charge is 0.347 e. The molecular weight excluding hydrogens is 406 g/mol. The van der Waals surface area contributed by atoms with Gasteiger partial charge < -0.3 is 19.3 Å². The molecule has 0 spiro atoms. The molecule has 9 heteroatoms. The van der Waals surface area contributed by atoms with Gasteiger partial charge in [-0.2, -0.15) is 0 Å². The molecule has 0 bridgehead atoms. The van der Waals surface area contributed by atoms with Gasteiger partial charge in [0.2, 0.25) is 5.91 Å². The van der Waals surface area contributed by atoms with Gasteiger partial charge in [0, 0.05) is 0 Å². The van der Waals surface area contributed by atoms with Crippen LogP contribution in [0, 0.1) is 0 Å². The Kier molecular flexibility index (Phi) is 7.10. The van der Waals surface area contributed by atoms with Crippen LogP contribution >= 0.6 is 0 Å². The normalized spacial score (nSPS) is 21.2. The molecular formula is C22H29NO8. The van der Waals surface area contributed by atoms with Gasteiger partial charge in [0.15, 0.2) is 6.04 Å². The number of likely N-dealkylation sites (tertiary alicyclic amines) is 1. The van der Waals surface area contributed by atoms with Gasteiger partial charge in [-0.1, -0.05) is 30.3 Å². The Labute approximate surface area is 181 Å². The molecule has 0 saturated carbocycles. The fourth-order valence-electron chi connectivity index (χ4n) is 3.75. The second-order valence-corrected chi connectivity index (χ2v) is 8.17. The third-order valence-electron chi connectivity index (χ3n) is 4.98. The van der Waals surface area contributed by atoms with Crippen LogP contribution < -0.4 is 0 Å². The number of amides is 1. The Morgan fingerprint density at radius 2 is 1.48 bits per heavy atom. The van der Waals surface area contributed by atoms with E-state index in [1.54, 1.807) is 58.0 Å². The van der Waals surface area contributed by atoms with Crippen molar-refractivity contribution in [3.8, 4) is 0 Å². The van der Waals surface area contributed by atoms with E-state index in [0.717, 1.165) is 12.0 Å². The molecule has 1 unspecified atom stereocenters. The molecule has 1 aromatic carbocycles. The molecule has 1 aromatic rings. The number of nitrogens with zero attached hydrogens (tertiary/aromatic N) is 1. The number of carbonyl (C=O) groups excluding carboxylic acids is 4. The van der Waals surface area contributed by atoms with Gasteiger partial charge in [0.25, 0.3) is 5.54 Å². The molecule has 2 rings (SSSR count). The van der Waals surface area contributed by atoms with E-state index in [9.17, 15) is 24.3 Å². The average molecular weight is 435 g/mol. The Morgan fingerprint density at radius 1 is 1.00 bits per heavy atom. The zero-order valence-electron chi connectivity index (χ0n) is 18.6. The Bertz CT molecular complexity index is 824. The van der Waals surface area contributed by atoms with Gasteiger partial charge in [0.05, 0.1) is 25.7 Å². The number of hydrogen-bond acceptors (Lipinski definition) is 8. The third-order valence-corrected chi connectivity index (χ3v) is 4.98. The lowest BCUT2D eigenvalue weighted by Gasteiger charge is -2.43. The van der Waals surface area contributed by atoms with Crippen LogP contribution in [0.3, 0.4) is 0 Å². The third kappa shape index (κ3) is 4.27. The zero-order chi connectivity index (χ0) is 23.6. The molecule has 0 aromatic heterocycles. The van der Waals surface area contributed by atoms with Gasteiger partial charge in [-0.05, 0) is 40.2 Å². The minimum Gasteiger partial charge on any atom is -0.467 e. The summed E-state index contributed by atoms with van der Waals surface area (Å²) in [7, 11) is 1.12. The number of benzene rings is 1. The summed E-state index contributed by atoms with van der Waals surface area (Å²) in [5, 5.41) is 11.2. The SMILES string of the molecule is COC(=O)[C@@H](c1ccccc1)N1C(=O)CC(C)(O)C1(C(=O)OC(C)C)C(=O)OC(C)C. The molecule has 1 fully saturated rings. The van der Waals surface area contributed by atoms with Crippen LogP contribution in [-0.2, 0) is 33.4 Å². The molecule has 2 atom stereocenters. The maximum atomic E-state index is 13.4. The first kappa shape index (κ1) is 24.3. The summed E-state index contributed by atoms with van der Waals surface area (Å²) in [6.45, 7) is 7.41. The second kappa shape index (κ2) is 9.05. The molecule has 1 aliphatic rings. The van der Waals surface area contributed by atoms with Gasteiger partial charge in [-0.15, -0.1) is 0 Å². The highest BCUT2D eigenvalue weighted by molar-refractivity contribution is 6.13. The summed E-state index contributed by atoms with van der Waals surface area (Å²) in [5.41, 5.74) is -4.55. The van der Waals surface area contributed by atoms with Crippen molar-refractivity contribution in [1.82, 2.24) is 4.90 Å². The highest BCUT2D eigenvalue weighted by Crippen LogP contribution is 2.46. The average Bonchev–Trinajstić information content (AvgIpc) is 2.87. The largest absolute Gasteiger partial charge is 0.467 e. The van der Waals surface area contributed by atoms with Gasteiger partial charge >= 0.3 is 17.9 Å². The summed E-state index contributed by atoms with van der Waals surface area (Å²) in [5.74, 6) is -4.07. The topological polar surface area (TPSA) is 119 Å². The van der Waals surface area contributed by atoms with E-state index in [0.29, 0.717) is 5.56 Å². The molecule has 1 N–H and O–H groups in total. The number of carbonyl (C=O) groups is 4. The Hall–Kier alpha value is -2.94. The predicted molar refractivity (Wildman–Crippen MR) is 108 cm³/mol. The van der Waals surface area contributed by atoms with Gasteiger partial charge in [-0.3, -0.25) is 9.69 Å². The van der Waals surface area contributed by atoms with Gasteiger partial charge in [0.1, 0.15) is 5.60 Å². The number of ether oxygens (including phenoxy) is 3. The first-order chi connectivity index (χ1) is 14.4. The highest BCUT2D eigenvalue weighted by Gasteiger charge is 2.74. The number of esters is 3. The summed E-state index contributed by atoms with van der Waals surface area (Å²) >= 11 is 0. The molecule has 1 aliphatic heterocycles. The van der Waals surface area contributed by atoms with E-state index < -0.39 is 59.6 Å². The van der Waals surface area contributed by atoms with Crippen molar-refractivity contribution in [3.63, 3.8) is 0 Å². The molecule has 1 heterocycles. The first-order valence-corrected chi connectivity index (χ1v) is 9.99. The lowest BCUT2D eigenvalue weighted by atomic mass is 9.80. The molecule has 31 heavy (non-hydrogen) atoms. The fourth-order valence-corrected chi connectivity index (χ4v) is 3.75. The summed E-state index contributed by atoms with van der Waals surface area (Å²) in [6, 6.07) is 6.57. The van der Waals surface area contributed by atoms with Crippen molar-refractivity contribution >= 4 is 23.8 Å². The molecule has 0 aliphatic carbocycles. The monoisotopic (exact) mass is 435 g/mol. The van der Waals surface area contributed by atoms with Crippen molar-refractivity contribution < 1.29 is 38.5 Å². The summed E-state index contributed by atoms with van der Waals surface area (Å²) in [4.78, 5) is 53.5. The lowest BCUT2D eigenvalue weighted by molar-refractivity contribution is -0.197. The van der Waals surface area contributed by atoms with E-state index in [2.05, 4.69) is 0 Å². The number of rotatable bonds is 7. The molecule has 1 saturated heterocycles. The fraction of sp³-hybridized carbons (Fsp3) is 0.545. The quantitative estimate of drug-likeness (QED) is 0.389. The number of hydrogen-bond donors (Lipinski definition) is 1. The van der Waals surface area contributed by atoms with Gasteiger partial charge in [-0.25, -0.2) is 14.4 Å². The van der Waals surface area contributed by atoms with E-state index in [4.69, 9.17) is 14.2 Å². The Morgan fingerprint density at radius 3 is 1.90 bits per heavy atom. The van der Waals surface area contributed by atoms with E-state index in [1.807, 2.05) is 0 Å². The standard InChI is InChI=1S/C22H29NO8/c1-13(2)30-19(26)22(20(27)31-14(3)4)21(5,28)12-16(24)23(22)17(18(25)29-6)15-10-8-7-9-11-15/h7-11,13-14,17,28H,12H2,1-6H3/t17-,21?/m1/s1. The van der Waals surface area contributed by atoms with Crippen molar-refractivity contribution in [2.24, 2.45) is 0 Å². The van der Waals surface area contributed by atoms with Crippen LogP contribution in [0.4, 0.5) is 0 Å². The van der Waals surface area contributed by atoms with Crippen LogP contribution in [0.1, 0.15) is 52.6 Å². The highest BCUT2D eigenvalue weighted by atomic mass is 16.6. The van der Waals surface area contributed by atoms with Crippen LogP contribution in [0.5, 0.6) is 0 Å². The van der Waals surface area contributed by atoms with Crippen LogP contribution in [0.25, 0.3) is 0 Å². The van der Waals surface area contributed by atoms with Crippen molar-refractivity contribution in [2.45, 2.75) is 70.4 Å². The van der Waals surface area contributed by atoms with E-state index >= 15 is 0 Å². The first-order valence-electron chi connectivity index (χ1n) is 9.99. The van der Waals surface area contributed by atoms with Crippen molar-refractivity contribution in [3.05, 3.63) is 35.9 Å². The van der Waals surface area contributed by atoms with Crippen molar-refractivity contribution in [1.29, 1.82) is 0 Å². The number of methoxy groups -OCH3 is 1. The molecule has 1 amide bonds. The molecule has 0 radical (unpaired) electrons. The van der Waals surface area contributed by atoms with Crippen LogP contribution in [0.2, 0.25) is 0 Å². The minimum atomic E-state index is -2.62. The van der Waals surface area contributed by atoms with Crippen LogP contribution in [-0.4, -0.2) is 64.3 Å². The minimum absolute atomic E-state index is 0.291. The maximum Gasteiger partial charge on any atom is 0.347 e. The predicted octanol–water partition coefficient (Wildman–Crippen LogP) is 1.53. The molecule has 9 nitrogen and oxygen atoms in total. The maximum absolute atomic E-state index is 13.4. The lowest BCUT2D eigenvalue weighted by Crippen LogP contribution is -2.70. The number of aliphatic hydroxyl groups is 1. The Balaban J connectivity index is 2.83. The second-order valence-electron chi connectivity index (χ2n) is 8.17. The van der Waals surface area contributed by atoms with Crippen molar-refractivity contribution in [2.75, 3.05) is 7.11 Å². The van der Waals surface area contributed by atoms with Crippen LogP contribution in [0.15, 0.2) is 30.3 Å². The summed E-state index contributed by atoms with van der Waals surface area (Å²) in [6.07, 6.45) is -1.94.